The molecule has 2 aromatic heterocycles. The van der Waals surface area contributed by atoms with Gasteiger partial charge < -0.3 is 14.5 Å². The fourth-order valence-corrected chi connectivity index (χ4v) is 5.28. The van der Waals surface area contributed by atoms with Crippen molar-refractivity contribution >= 4 is 28.5 Å². The van der Waals surface area contributed by atoms with Gasteiger partial charge in [0.05, 0.1) is 19.3 Å². The molecule has 2 aromatic carbocycles. The topological polar surface area (TPSA) is 75.6 Å². The first-order chi connectivity index (χ1) is 17.0. The van der Waals surface area contributed by atoms with Crippen molar-refractivity contribution in [2.75, 3.05) is 25.1 Å². The van der Waals surface area contributed by atoms with E-state index in [1.807, 2.05) is 48.5 Å². The van der Waals surface area contributed by atoms with Gasteiger partial charge in [-0.1, -0.05) is 42.5 Å². The number of halogens is 1. The average molecular weight is 468 g/mol. The molecule has 0 radical (unpaired) electrons. The van der Waals surface area contributed by atoms with Crippen LogP contribution in [0.25, 0.3) is 21.9 Å². The highest BCUT2D eigenvalue weighted by Crippen LogP contribution is 2.48. The second-order valence-electron chi connectivity index (χ2n) is 8.85. The summed E-state index contributed by atoms with van der Waals surface area (Å²) in [7, 11) is 1.33. The van der Waals surface area contributed by atoms with Crippen molar-refractivity contribution in [2.24, 2.45) is 0 Å². The maximum atomic E-state index is 14.1. The fourth-order valence-electron chi connectivity index (χ4n) is 5.28. The first kappa shape index (κ1) is 21.2. The van der Waals surface area contributed by atoms with Crippen molar-refractivity contribution in [3.05, 3.63) is 90.3 Å². The summed E-state index contributed by atoms with van der Waals surface area (Å²) in [6.45, 7) is 0.735. The molecule has 7 nitrogen and oxygen atoms in total. The van der Waals surface area contributed by atoms with E-state index in [9.17, 15) is 14.0 Å². The molecule has 0 atom stereocenters. The number of anilines is 1. The van der Waals surface area contributed by atoms with Crippen molar-refractivity contribution in [3.8, 4) is 11.1 Å². The molecular weight excluding hydrogens is 447 g/mol. The molecule has 1 saturated heterocycles. The Morgan fingerprint density at radius 2 is 1.86 bits per heavy atom. The second-order valence-corrected chi connectivity index (χ2v) is 8.85. The number of nitrogens with zero attached hydrogens (tertiary/aromatic N) is 4. The standard InChI is InChI=1S/C27H21FN4O3/c1-35-26(34)31-15-27(16-31)20-8-4-5-9-22(20)32(25(27)33)14-21-24(17-10-11-29-23(28)12-17)19-7-3-2-6-18(19)13-30-21/h2-13H,14-16H2,1H3. The van der Waals surface area contributed by atoms with E-state index in [0.717, 1.165) is 27.6 Å². The van der Waals surface area contributed by atoms with E-state index in [4.69, 9.17) is 9.72 Å². The second kappa shape index (κ2) is 7.87. The number of carbonyl (C=O) groups excluding carboxylic acids is 2. The molecule has 4 heterocycles. The van der Waals surface area contributed by atoms with Gasteiger partial charge in [0.1, 0.15) is 5.41 Å². The molecule has 0 aliphatic carbocycles. The molecule has 0 unspecified atom stereocenters. The van der Waals surface area contributed by atoms with Crippen LogP contribution < -0.4 is 4.90 Å². The summed E-state index contributed by atoms with van der Waals surface area (Å²) in [5.74, 6) is -0.666. The van der Waals surface area contributed by atoms with E-state index in [1.165, 1.54) is 24.3 Å². The van der Waals surface area contributed by atoms with Gasteiger partial charge in [0.2, 0.25) is 11.9 Å². The highest BCUT2D eigenvalue weighted by Gasteiger charge is 2.59. The number of aromatic nitrogens is 2. The Hall–Kier alpha value is -4.33. The van der Waals surface area contributed by atoms with Crippen LogP contribution in [-0.4, -0.2) is 47.1 Å². The Kier molecular flexibility index (Phi) is 4.77. The number of hydrogen-bond acceptors (Lipinski definition) is 5. The number of likely N-dealkylation sites (tertiary alicyclic amines) is 1. The van der Waals surface area contributed by atoms with Gasteiger partial charge in [-0.05, 0) is 28.6 Å². The van der Waals surface area contributed by atoms with Crippen LogP contribution in [0.1, 0.15) is 11.3 Å². The molecule has 2 amide bonds. The number of methoxy groups -OCH3 is 1. The predicted octanol–water partition coefficient (Wildman–Crippen LogP) is 4.30. The smallest absolute Gasteiger partial charge is 0.409 e. The fraction of sp³-hybridized carbons (Fsp3) is 0.185. The number of hydrogen-bond donors (Lipinski definition) is 0. The molecule has 0 saturated carbocycles. The molecule has 2 aliphatic heterocycles. The van der Waals surface area contributed by atoms with Crippen molar-refractivity contribution in [2.45, 2.75) is 12.0 Å². The van der Waals surface area contributed by atoms with Gasteiger partial charge in [0.15, 0.2) is 0 Å². The summed E-state index contributed by atoms with van der Waals surface area (Å²) in [5.41, 5.74) is 2.95. The lowest BCUT2D eigenvalue weighted by molar-refractivity contribution is -0.128. The minimum atomic E-state index is -0.801. The van der Waals surface area contributed by atoms with E-state index >= 15 is 0 Å². The summed E-state index contributed by atoms with van der Waals surface area (Å²) in [4.78, 5) is 37.5. The first-order valence-electron chi connectivity index (χ1n) is 11.2. The number of carbonyl (C=O) groups is 2. The maximum Gasteiger partial charge on any atom is 0.409 e. The predicted molar refractivity (Wildman–Crippen MR) is 128 cm³/mol. The molecular formula is C27H21FN4O3. The third-order valence-corrected chi connectivity index (χ3v) is 6.92. The van der Waals surface area contributed by atoms with Crippen LogP contribution in [0.15, 0.2) is 73.1 Å². The molecule has 1 spiro atoms. The van der Waals surface area contributed by atoms with Gasteiger partial charge in [0, 0.05) is 48.2 Å². The van der Waals surface area contributed by atoms with Gasteiger partial charge in [-0.2, -0.15) is 4.39 Å². The van der Waals surface area contributed by atoms with Crippen molar-refractivity contribution < 1.29 is 18.7 Å². The zero-order valence-corrected chi connectivity index (χ0v) is 18.9. The van der Waals surface area contributed by atoms with Crippen LogP contribution in [0.2, 0.25) is 0 Å². The monoisotopic (exact) mass is 468 g/mol. The van der Waals surface area contributed by atoms with Gasteiger partial charge in [-0.15, -0.1) is 0 Å². The number of rotatable bonds is 3. The van der Waals surface area contributed by atoms with Crippen LogP contribution in [0.4, 0.5) is 14.9 Å². The van der Waals surface area contributed by atoms with Gasteiger partial charge in [-0.3, -0.25) is 9.78 Å². The Morgan fingerprint density at radius 1 is 1.09 bits per heavy atom. The van der Waals surface area contributed by atoms with Gasteiger partial charge in [0.25, 0.3) is 0 Å². The maximum absolute atomic E-state index is 14.1. The van der Waals surface area contributed by atoms with Crippen LogP contribution in [0.3, 0.4) is 0 Å². The first-order valence-corrected chi connectivity index (χ1v) is 11.2. The largest absolute Gasteiger partial charge is 0.453 e. The van der Waals surface area contributed by atoms with Gasteiger partial charge >= 0.3 is 6.09 Å². The molecule has 174 valence electrons. The Balaban J connectivity index is 1.45. The highest BCUT2D eigenvalue weighted by molar-refractivity contribution is 6.10. The van der Waals surface area contributed by atoms with E-state index in [0.29, 0.717) is 11.3 Å². The summed E-state index contributed by atoms with van der Waals surface area (Å²) in [5, 5.41) is 1.83. The lowest BCUT2D eigenvalue weighted by Gasteiger charge is -2.45. The number of para-hydroxylation sites is 1. The summed E-state index contributed by atoms with van der Waals surface area (Å²) >= 11 is 0. The van der Waals surface area contributed by atoms with Crippen molar-refractivity contribution in [1.29, 1.82) is 0 Å². The minimum absolute atomic E-state index is 0.0827. The Morgan fingerprint density at radius 3 is 2.66 bits per heavy atom. The Labute approximate surface area is 200 Å². The van der Waals surface area contributed by atoms with Crippen molar-refractivity contribution in [3.63, 3.8) is 0 Å². The number of fused-ring (bicyclic) bond motifs is 3. The summed E-state index contributed by atoms with van der Waals surface area (Å²) in [6, 6.07) is 18.5. The average Bonchev–Trinajstić information content (AvgIpc) is 3.10. The zero-order chi connectivity index (χ0) is 24.2. The van der Waals surface area contributed by atoms with Gasteiger partial charge in [-0.25, -0.2) is 9.78 Å². The third kappa shape index (κ3) is 3.17. The lowest BCUT2D eigenvalue weighted by atomic mass is 9.75. The van der Waals surface area contributed by atoms with E-state index in [1.54, 1.807) is 17.2 Å². The number of amides is 2. The third-order valence-electron chi connectivity index (χ3n) is 6.92. The molecule has 8 heteroatoms. The van der Waals surface area contributed by atoms with E-state index in [2.05, 4.69) is 4.98 Å². The lowest BCUT2D eigenvalue weighted by Crippen LogP contribution is -2.65. The SMILES string of the molecule is COC(=O)N1CC2(C1)C(=O)N(Cc1ncc3ccccc3c1-c1ccnc(F)c1)c1ccccc12. The van der Waals surface area contributed by atoms with Crippen LogP contribution in [-0.2, 0) is 21.5 Å². The molecule has 4 aromatic rings. The molecule has 0 bridgehead atoms. The summed E-state index contributed by atoms with van der Waals surface area (Å²) in [6.07, 6.45) is 2.76. The van der Waals surface area contributed by atoms with E-state index in [-0.39, 0.29) is 25.5 Å². The molecule has 35 heavy (non-hydrogen) atoms. The van der Waals surface area contributed by atoms with Crippen LogP contribution >= 0.6 is 0 Å². The summed E-state index contributed by atoms with van der Waals surface area (Å²) < 4.78 is 18.9. The number of benzene rings is 2. The molecule has 1 fully saturated rings. The van der Waals surface area contributed by atoms with Crippen molar-refractivity contribution in [1.82, 2.24) is 14.9 Å². The minimum Gasteiger partial charge on any atom is -0.453 e. The van der Waals surface area contributed by atoms with Crippen LogP contribution in [0, 0.1) is 5.95 Å². The molecule has 6 rings (SSSR count). The number of pyridine rings is 2. The normalized spacial score (nSPS) is 15.9. The van der Waals surface area contributed by atoms with E-state index < -0.39 is 17.5 Å². The highest BCUT2D eigenvalue weighted by atomic mass is 19.1. The molecule has 2 aliphatic rings. The zero-order valence-electron chi connectivity index (χ0n) is 18.9. The van der Waals surface area contributed by atoms with Crippen LogP contribution in [0.5, 0.6) is 0 Å². The Bertz CT molecular complexity index is 1500. The number of ether oxygens (including phenoxy) is 1. The quantitative estimate of drug-likeness (QED) is 0.419. The molecule has 0 N–H and O–H groups in total.